The number of urea groups is 1. The van der Waals surface area contributed by atoms with Crippen LogP contribution in [0.4, 0.5) is 4.79 Å². The van der Waals surface area contributed by atoms with Gasteiger partial charge in [0, 0.05) is 6.54 Å². The highest BCUT2D eigenvalue weighted by Crippen LogP contribution is 2.27. The van der Waals surface area contributed by atoms with Crippen LogP contribution in [0.5, 0.6) is 0 Å². The lowest BCUT2D eigenvalue weighted by molar-refractivity contribution is -0.119. The number of aromatic nitrogens is 2. The highest BCUT2D eigenvalue weighted by atomic mass is 32.2. The second kappa shape index (κ2) is 8.05. The average Bonchev–Trinajstić information content (AvgIpc) is 2.97. The number of thioether (sulfide) groups is 1. The molecule has 3 amide bonds. The number of para-hydroxylation sites is 2. The highest BCUT2D eigenvalue weighted by molar-refractivity contribution is 8.00. The Morgan fingerprint density at radius 2 is 1.85 bits per heavy atom. The first-order valence-electron chi connectivity index (χ1n) is 8.31. The van der Waals surface area contributed by atoms with Gasteiger partial charge in [0.2, 0.25) is 5.91 Å². The summed E-state index contributed by atoms with van der Waals surface area (Å²) in [5.41, 5.74) is 8.17. The van der Waals surface area contributed by atoms with Gasteiger partial charge in [-0.25, -0.2) is 9.78 Å². The fraction of sp³-hybridized carbons (Fsp3) is 0.211. The van der Waals surface area contributed by atoms with Gasteiger partial charge in [-0.05, 0) is 31.0 Å². The number of nitrogens with one attached hydrogen (secondary N) is 1. The Balaban J connectivity index is 1.84. The molecule has 0 aliphatic carbocycles. The number of amides is 3. The third kappa shape index (κ3) is 4.23. The van der Waals surface area contributed by atoms with E-state index in [-0.39, 0.29) is 0 Å². The van der Waals surface area contributed by atoms with Gasteiger partial charge in [-0.2, -0.15) is 0 Å². The van der Waals surface area contributed by atoms with Crippen LogP contribution in [-0.4, -0.2) is 26.7 Å². The molecule has 1 aromatic heterocycles. The molecule has 0 bridgehead atoms. The van der Waals surface area contributed by atoms with E-state index in [0.29, 0.717) is 0 Å². The second-order valence-corrected chi connectivity index (χ2v) is 7.19. The zero-order valence-corrected chi connectivity index (χ0v) is 15.2. The summed E-state index contributed by atoms with van der Waals surface area (Å²) in [6, 6.07) is 17.3. The van der Waals surface area contributed by atoms with Gasteiger partial charge in [-0.3, -0.25) is 10.1 Å². The molecule has 3 N–H and O–H groups in total. The molecule has 0 aliphatic heterocycles. The lowest BCUT2D eigenvalue weighted by atomic mass is 10.1. The highest BCUT2D eigenvalue weighted by Gasteiger charge is 2.20. The van der Waals surface area contributed by atoms with Crippen LogP contribution in [0, 0.1) is 0 Å². The van der Waals surface area contributed by atoms with Crippen molar-refractivity contribution in [3.8, 4) is 0 Å². The molecule has 0 fully saturated rings. The fourth-order valence-electron chi connectivity index (χ4n) is 2.68. The van der Waals surface area contributed by atoms with Crippen molar-refractivity contribution in [3.63, 3.8) is 0 Å². The van der Waals surface area contributed by atoms with Crippen molar-refractivity contribution >= 4 is 34.7 Å². The number of carbonyl (C=O) groups excluding carboxylic acids is 2. The first-order valence-corrected chi connectivity index (χ1v) is 9.18. The van der Waals surface area contributed by atoms with Gasteiger partial charge in [-0.15, -0.1) is 0 Å². The second-order valence-electron chi connectivity index (χ2n) is 5.88. The molecule has 1 atom stereocenters. The summed E-state index contributed by atoms with van der Waals surface area (Å²) in [6.07, 6.45) is 0.858. The lowest BCUT2D eigenvalue weighted by Gasteiger charge is -2.12. The van der Waals surface area contributed by atoms with Crippen molar-refractivity contribution in [2.75, 3.05) is 0 Å². The van der Waals surface area contributed by atoms with Crippen LogP contribution in [0.15, 0.2) is 59.8 Å². The van der Waals surface area contributed by atoms with Gasteiger partial charge in [0.05, 0.1) is 16.3 Å². The molecule has 6 nitrogen and oxygen atoms in total. The number of imide groups is 1. The molecule has 3 aromatic rings. The summed E-state index contributed by atoms with van der Waals surface area (Å²) in [4.78, 5) is 27.5. The number of rotatable bonds is 6. The van der Waals surface area contributed by atoms with Crippen LogP contribution in [0.2, 0.25) is 0 Å². The molecule has 1 heterocycles. The zero-order chi connectivity index (χ0) is 18.5. The van der Waals surface area contributed by atoms with Crippen LogP contribution in [-0.2, 0) is 17.8 Å². The van der Waals surface area contributed by atoms with Crippen molar-refractivity contribution in [2.24, 2.45) is 5.73 Å². The average molecular weight is 368 g/mol. The minimum atomic E-state index is -0.847. The molecule has 3 rings (SSSR count). The van der Waals surface area contributed by atoms with E-state index in [0.717, 1.165) is 29.2 Å². The number of hydrogen-bond acceptors (Lipinski definition) is 4. The SMILES string of the molecule is C[C@H](Sc1nc2ccccc2n1CCc1ccccc1)C(=O)NC(N)=O. The Morgan fingerprint density at radius 3 is 2.58 bits per heavy atom. The topological polar surface area (TPSA) is 90.0 Å². The van der Waals surface area contributed by atoms with E-state index in [1.165, 1.54) is 17.3 Å². The van der Waals surface area contributed by atoms with E-state index in [9.17, 15) is 9.59 Å². The molecule has 0 radical (unpaired) electrons. The maximum atomic E-state index is 12.0. The first kappa shape index (κ1) is 18.0. The Kier molecular flexibility index (Phi) is 5.58. The van der Waals surface area contributed by atoms with Crippen LogP contribution in [0.3, 0.4) is 0 Å². The summed E-state index contributed by atoms with van der Waals surface area (Å²) in [5, 5.41) is 2.37. The Morgan fingerprint density at radius 1 is 1.15 bits per heavy atom. The number of hydrogen-bond donors (Lipinski definition) is 2. The number of fused-ring (bicyclic) bond motifs is 1. The molecular formula is C19H20N4O2S. The van der Waals surface area contributed by atoms with Crippen molar-refractivity contribution in [1.82, 2.24) is 14.9 Å². The normalized spacial score (nSPS) is 12.0. The number of nitrogens with zero attached hydrogens (tertiary/aromatic N) is 2. The molecule has 0 spiro atoms. The quantitative estimate of drug-likeness (QED) is 0.655. The summed E-state index contributed by atoms with van der Waals surface area (Å²) < 4.78 is 2.11. The fourth-order valence-corrected chi connectivity index (χ4v) is 3.63. The van der Waals surface area contributed by atoms with Crippen molar-refractivity contribution < 1.29 is 9.59 Å². The molecular weight excluding hydrogens is 348 g/mol. The van der Waals surface area contributed by atoms with Gasteiger partial charge in [-0.1, -0.05) is 54.2 Å². The molecule has 0 saturated carbocycles. The molecule has 7 heteroatoms. The zero-order valence-electron chi connectivity index (χ0n) is 14.4. The minimum absolute atomic E-state index is 0.427. The third-order valence-corrected chi connectivity index (χ3v) is 5.07. The van der Waals surface area contributed by atoms with Gasteiger partial charge >= 0.3 is 6.03 Å². The van der Waals surface area contributed by atoms with E-state index < -0.39 is 17.2 Å². The number of imidazole rings is 1. The van der Waals surface area contributed by atoms with Crippen LogP contribution >= 0.6 is 11.8 Å². The summed E-state index contributed by atoms with van der Waals surface area (Å²) in [7, 11) is 0. The van der Waals surface area contributed by atoms with E-state index in [1.54, 1.807) is 6.92 Å². The summed E-state index contributed by atoms with van der Waals surface area (Å²) in [6.45, 7) is 2.47. The van der Waals surface area contributed by atoms with Gasteiger partial charge in [0.15, 0.2) is 5.16 Å². The smallest absolute Gasteiger partial charge is 0.318 e. The molecule has 2 aromatic carbocycles. The van der Waals surface area contributed by atoms with E-state index >= 15 is 0 Å². The maximum absolute atomic E-state index is 12.0. The predicted molar refractivity (Wildman–Crippen MR) is 103 cm³/mol. The van der Waals surface area contributed by atoms with E-state index in [4.69, 9.17) is 5.73 Å². The first-order chi connectivity index (χ1) is 12.5. The monoisotopic (exact) mass is 368 g/mol. The van der Waals surface area contributed by atoms with Gasteiger partial charge in [0.1, 0.15) is 0 Å². The Labute approximate surface area is 155 Å². The maximum Gasteiger partial charge on any atom is 0.318 e. The molecule has 134 valence electrons. The van der Waals surface area contributed by atoms with E-state index in [1.807, 2.05) is 42.5 Å². The minimum Gasteiger partial charge on any atom is -0.351 e. The number of benzene rings is 2. The van der Waals surface area contributed by atoms with Crippen LogP contribution < -0.4 is 11.1 Å². The lowest BCUT2D eigenvalue weighted by Crippen LogP contribution is -2.39. The Bertz CT molecular complexity index is 924. The molecule has 0 aliphatic rings. The summed E-state index contributed by atoms with van der Waals surface area (Å²) >= 11 is 1.31. The Hall–Kier alpha value is -2.80. The molecule has 26 heavy (non-hydrogen) atoms. The number of carbonyl (C=O) groups is 2. The third-order valence-electron chi connectivity index (χ3n) is 3.98. The standard InChI is InChI=1S/C19H20N4O2S/c1-13(17(24)22-18(20)25)26-19-21-15-9-5-6-10-16(15)23(19)12-11-14-7-3-2-4-8-14/h2-10,13H,11-12H2,1H3,(H3,20,22,24,25)/t13-/m0/s1. The number of aryl methyl sites for hydroxylation is 2. The van der Waals surface area contributed by atoms with Crippen molar-refractivity contribution in [2.45, 2.75) is 30.3 Å². The molecule has 0 unspecified atom stereocenters. The van der Waals surface area contributed by atoms with Crippen LogP contribution in [0.1, 0.15) is 12.5 Å². The summed E-state index contributed by atoms with van der Waals surface area (Å²) in [5.74, 6) is -0.427. The largest absolute Gasteiger partial charge is 0.351 e. The van der Waals surface area contributed by atoms with Crippen molar-refractivity contribution in [3.05, 3.63) is 60.2 Å². The number of primary amides is 1. The van der Waals surface area contributed by atoms with Gasteiger partial charge < -0.3 is 10.3 Å². The number of nitrogens with two attached hydrogens (primary N) is 1. The molecule has 0 saturated heterocycles. The van der Waals surface area contributed by atoms with Crippen LogP contribution in [0.25, 0.3) is 11.0 Å². The predicted octanol–water partition coefficient (Wildman–Crippen LogP) is 2.95. The van der Waals surface area contributed by atoms with Crippen molar-refractivity contribution in [1.29, 1.82) is 0 Å². The van der Waals surface area contributed by atoms with Gasteiger partial charge in [0.25, 0.3) is 0 Å². The van der Waals surface area contributed by atoms with E-state index in [2.05, 4.69) is 27.0 Å².